The third kappa shape index (κ3) is 4.42. The van der Waals surface area contributed by atoms with Gasteiger partial charge in [-0.1, -0.05) is 30.4 Å². The van der Waals surface area contributed by atoms with E-state index in [1.807, 2.05) is 25.1 Å². The van der Waals surface area contributed by atoms with E-state index in [9.17, 15) is 14.0 Å². The number of fused-ring (bicyclic) bond motifs is 1. The minimum atomic E-state index is -0.394. The summed E-state index contributed by atoms with van der Waals surface area (Å²) in [6, 6.07) is 14.2. The minimum absolute atomic E-state index is 0.204. The molecule has 0 bridgehead atoms. The fourth-order valence-electron chi connectivity index (χ4n) is 2.76. The van der Waals surface area contributed by atoms with Crippen LogP contribution in [0.1, 0.15) is 28.0 Å². The highest BCUT2D eigenvalue weighted by Gasteiger charge is 2.12. The molecular formula is C21H17FN4O2S2. The van der Waals surface area contributed by atoms with Crippen molar-refractivity contribution in [2.24, 2.45) is 0 Å². The number of rotatable bonds is 6. The third-order valence-electron chi connectivity index (χ3n) is 4.26. The summed E-state index contributed by atoms with van der Waals surface area (Å²) in [6.45, 7) is 1.98. The first kappa shape index (κ1) is 20.2. The minimum Gasteiger partial charge on any atom is -0.321 e. The van der Waals surface area contributed by atoms with Crippen molar-refractivity contribution < 1.29 is 9.18 Å². The van der Waals surface area contributed by atoms with Crippen LogP contribution in [0.2, 0.25) is 0 Å². The molecule has 0 atom stereocenters. The van der Waals surface area contributed by atoms with Gasteiger partial charge < -0.3 is 5.32 Å². The Morgan fingerprint density at radius 1 is 1.20 bits per heavy atom. The first-order valence-corrected chi connectivity index (χ1v) is 11.0. The number of aryl methyl sites for hydroxylation is 1. The van der Waals surface area contributed by atoms with Crippen molar-refractivity contribution in [3.8, 4) is 0 Å². The SMILES string of the molecule is CCc1nn2c(=O)cc(CSc3ccccc3NC(=O)c3ccc(F)cc3)nc2s1. The second-order valence-electron chi connectivity index (χ2n) is 6.38. The zero-order valence-electron chi connectivity index (χ0n) is 16.0. The monoisotopic (exact) mass is 440 g/mol. The van der Waals surface area contributed by atoms with Gasteiger partial charge in [0.25, 0.3) is 11.5 Å². The molecule has 30 heavy (non-hydrogen) atoms. The Kier molecular flexibility index (Phi) is 5.91. The quantitative estimate of drug-likeness (QED) is 0.450. The van der Waals surface area contributed by atoms with E-state index in [1.54, 1.807) is 6.07 Å². The molecule has 152 valence electrons. The van der Waals surface area contributed by atoms with Crippen LogP contribution in [0.15, 0.2) is 64.3 Å². The number of carbonyl (C=O) groups excluding carboxylic acids is 1. The van der Waals surface area contributed by atoms with Crippen LogP contribution in [-0.4, -0.2) is 20.5 Å². The highest BCUT2D eigenvalue weighted by molar-refractivity contribution is 7.98. The van der Waals surface area contributed by atoms with Gasteiger partial charge in [-0.15, -0.1) is 11.8 Å². The van der Waals surface area contributed by atoms with Crippen molar-refractivity contribution in [1.82, 2.24) is 14.6 Å². The molecule has 2 aromatic carbocycles. The van der Waals surface area contributed by atoms with Crippen LogP contribution in [0.3, 0.4) is 0 Å². The second kappa shape index (κ2) is 8.76. The lowest BCUT2D eigenvalue weighted by molar-refractivity contribution is 0.102. The number of nitrogens with one attached hydrogen (secondary N) is 1. The van der Waals surface area contributed by atoms with Gasteiger partial charge in [0, 0.05) is 22.3 Å². The zero-order valence-corrected chi connectivity index (χ0v) is 17.6. The van der Waals surface area contributed by atoms with Crippen molar-refractivity contribution in [2.75, 3.05) is 5.32 Å². The Morgan fingerprint density at radius 2 is 1.97 bits per heavy atom. The maximum atomic E-state index is 13.1. The molecule has 6 nitrogen and oxygen atoms in total. The molecule has 9 heteroatoms. The van der Waals surface area contributed by atoms with E-state index in [0.717, 1.165) is 16.3 Å². The predicted molar refractivity (Wildman–Crippen MR) is 117 cm³/mol. The van der Waals surface area contributed by atoms with Crippen molar-refractivity contribution >= 4 is 39.7 Å². The normalized spacial score (nSPS) is 11.0. The molecule has 2 heterocycles. The molecule has 1 amide bonds. The van der Waals surface area contributed by atoms with Crippen molar-refractivity contribution in [1.29, 1.82) is 0 Å². The fourth-order valence-corrected chi connectivity index (χ4v) is 4.51. The van der Waals surface area contributed by atoms with Crippen LogP contribution in [0.4, 0.5) is 10.1 Å². The first-order valence-electron chi connectivity index (χ1n) is 9.21. The molecule has 0 unspecified atom stereocenters. The van der Waals surface area contributed by atoms with E-state index >= 15 is 0 Å². The highest BCUT2D eigenvalue weighted by atomic mass is 32.2. The van der Waals surface area contributed by atoms with Crippen LogP contribution in [0.25, 0.3) is 4.96 Å². The second-order valence-corrected chi connectivity index (χ2v) is 8.43. The Bertz CT molecular complexity index is 1270. The zero-order chi connectivity index (χ0) is 21.1. The van der Waals surface area contributed by atoms with Gasteiger partial charge >= 0.3 is 0 Å². The number of carbonyl (C=O) groups is 1. The van der Waals surface area contributed by atoms with Gasteiger partial charge in [-0.25, -0.2) is 9.37 Å². The molecule has 0 aliphatic rings. The molecule has 0 fully saturated rings. The summed E-state index contributed by atoms with van der Waals surface area (Å²) in [4.78, 5) is 30.7. The number of hydrogen-bond acceptors (Lipinski definition) is 6. The lowest BCUT2D eigenvalue weighted by Crippen LogP contribution is -2.15. The number of anilines is 1. The molecule has 0 saturated carbocycles. The van der Waals surface area contributed by atoms with E-state index in [2.05, 4.69) is 15.4 Å². The summed E-state index contributed by atoms with van der Waals surface area (Å²) in [5.41, 5.74) is 1.45. The van der Waals surface area contributed by atoms with Gasteiger partial charge in [-0.05, 0) is 42.8 Å². The maximum Gasteiger partial charge on any atom is 0.275 e. The molecule has 4 rings (SSSR count). The number of benzene rings is 2. The number of nitrogens with zero attached hydrogens (tertiary/aromatic N) is 3. The van der Waals surface area contributed by atoms with Crippen molar-refractivity contribution in [3.63, 3.8) is 0 Å². The molecule has 0 saturated heterocycles. The molecule has 0 radical (unpaired) electrons. The molecule has 0 aliphatic heterocycles. The lowest BCUT2D eigenvalue weighted by atomic mass is 10.2. The predicted octanol–water partition coefficient (Wildman–Crippen LogP) is 4.40. The maximum absolute atomic E-state index is 13.1. The Morgan fingerprint density at radius 3 is 2.73 bits per heavy atom. The van der Waals surface area contributed by atoms with Crippen LogP contribution >= 0.6 is 23.1 Å². The average molecular weight is 441 g/mol. The number of para-hydroxylation sites is 1. The van der Waals surface area contributed by atoms with Gasteiger partial charge in [0.1, 0.15) is 10.8 Å². The summed E-state index contributed by atoms with van der Waals surface area (Å²) in [5, 5.41) is 7.97. The van der Waals surface area contributed by atoms with Gasteiger partial charge in [0.2, 0.25) is 4.96 Å². The Balaban J connectivity index is 1.52. The summed E-state index contributed by atoms with van der Waals surface area (Å²) in [7, 11) is 0. The van der Waals surface area contributed by atoms with Crippen molar-refractivity contribution in [2.45, 2.75) is 24.0 Å². The number of halogens is 1. The molecule has 4 aromatic rings. The van der Waals surface area contributed by atoms with Gasteiger partial charge in [0.15, 0.2) is 0 Å². The van der Waals surface area contributed by atoms with Crippen molar-refractivity contribution in [3.05, 3.63) is 87.0 Å². The van der Waals surface area contributed by atoms with Gasteiger partial charge in [-0.3, -0.25) is 9.59 Å². The number of thioether (sulfide) groups is 1. The van der Waals surface area contributed by atoms with E-state index in [-0.39, 0.29) is 11.5 Å². The van der Waals surface area contributed by atoms with E-state index < -0.39 is 5.82 Å². The van der Waals surface area contributed by atoms with Crippen LogP contribution in [-0.2, 0) is 12.2 Å². The average Bonchev–Trinajstić information content (AvgIpc) is 3.17. The highest BCUT2D eigenvalue weighted by Crippen LogP contribution is 2.30. The van der Waals surface area contributed by atoms with E-state index in [0.29, 0.717) is 27.7 Å². The molecule has 2 aromatic heterocycles. The van der Waals surface area contributed by atoms with E-state index in [1.165, 1.54) is 57.9 Å². The number of amides is 1. The summed E-state index contributed by atoms with van der Waals surface area (Å²) >= 11 is 2.87. The third-order valence-corrected chi connectivity index (χ3v) is 6.42. The van der Waals surface area contributed by atoms with Crippen LogP contribution in [0, 0.1) is 5.82 Å². The fraction of sp³-hybridized carbons (Fsp3) is 0.143. The number of aromatic nitrogens is 3. The summed E-state index contributed by atoms with van der Waals surface area (Å²) < 4.78 is 14.4. The van der Waals surface area contributed by atoms with Gasteiger partial charge in [0.05, 0.1) is 11.4 Å². The van der Waals surface area contributed by atoms with E-state index in [4.69, 9.17) is 0 Å². The summed E-state index contributed by atoms with van der Waals surface area (Å²) in [6.07, 6.45) is 0.749. The van der Waals surface area contributed by atoms with Crippen LogP contribution < -0.4 is 10.9 Å². The molecular weight excluding hydrogens is 423 g/mol. The first-order chi connectivity index (χ1) is 14.5. The Labute approximate surface area is 179 Å². The topological polar surface area (TPSA) is 76.4 Å². The Hall–Kier alpha value is -3.04. The van der Waals surface area contributed by atoms with Gasteiger partial charge in [-0.2, -0.15) is 9.61 Å². The largest absolute Gasteiger partial charge is 0.321 e. The van der Waals surface area contributed by atoms with Crippen LogP contribution in [0.5, 0.6) is 0 Å². The molecule has 0 aliphatic carbocycles. The lowest BCUT2D eigenvalue weighted by Gasteiger charge is -2.10. The standard InChI is InChI=1S/C21H17FN4O2S2/c1-2-18-25-26-19(27)11-15(23-21(26)30-18)12-29-17-6-4-3-5-16(17)24-20(28)13-7-9-14(22)10-8-13/h3-11H,2,12H2,1H3,(H,24,28). The number of hydrogen-bond donors (Lipinski definition) is 1. The smallest absolute Gasteiger partial charge is 0.275 e. The molecule has 1 N–H and O–H groups in total. The molecule has 0 spiro atoms. The summed E-state index contributed by atoms with van der Waals surface area (Å²) in [5.74, 6) is -0.249.